The maximum atomic E-state index is 14.3. The summed E-state index contributed by atoms with van der Waals surface area (Å²) >= 11 is 0. The van der Waals surface area contributed by atoms with Crippen LogP contribution < -0.4 is 26.6 Å². The summed E-state index contributed by atoms with van der Waals surface area (Å²) in [5.41, 5.74) is 10.4. The summed E-state index contributed by atoms with van der Waals surface area (Å²) in [4.78, 5) is 99.4. The quantitative estimate of drug-likeness (QED) is 0.0490. The summed E-state index contributed by atoms with van der Waals surface area (Å²) in [7, 11) is 8.43. The molecule has 20 nitrogen and oxygen atoms in total. The first kappa shape index (κ1) is 56.8. The second-order valence-corrected chi connectivity index (χ2v) is 18.2. The van der Waals surface area contributed by atoms with E-state index in [1.165, 1.54) is 21.1 Å². The molecule has 66 heavy (non-hydrogen) atoms. The number of hydrogen-bond acceptors (Lipinski definition) is 11. The Kier molecular flexibility index (Phi) is 24.1. The topological polar surface area (TPSA) is 257 Å². The lowest BCUT2D eigenvalue weighted by Crippen LogP contribution is -2.59. The van der Waals surface area contributed by atoms with Crippen LogP contribution >= 0.6 is 0 Å². The predicted octanol–water partition coefficient (Wildman–Crippen LogP) is 2.86. The average molecular weight is 928 g/mol. The molecule has 2 rings (SSSR count). The summed E-state index contributed by atoms with van der Waals surface area (Å²) in [6.07, 6.45) is 0.893. The highest BCUT2D eigenvalue weighted by Crippen LogP contribution is 2.30. The molecule has 1 aliphatic rings. The molecule has 1 aromatic carbocycles. The molecule has 1 heterocycles. The van der Waals surface area contributed by atoms with Crippen molar-refractivity contribution >= 4 is 47.0 Å². The molecule has 370 valence electrons. The molecular weight excluding hydrogens is 851 g/mol. The highest BCUT2D eigenvalue weighted by molar-refractivity contribution is 5.95. The van der Waals surface area contributed by atoms with Gasteiger partial charge in [0.15, 0.2) is 0 Å². The Morgan fingerprint density at radius 1 is 0.879 bits per heavy atom. The van der Waals surface area contributed by atoms with Gasteiger partial charge in [0.05, 0.1) is 55.8 Å². The van der Waals surface area contributed by atoms with Crippen LogP contribution in [0, 0.1) is 23.7 Å². The molecule has 0 unspecified atom stereocenters. The summed E-state index contributed by atoms with van der Waals surface area (Å²) < 4.78 is 12.0. The Morgan fingerprint density at radius 2 is 1.52 bits per heavy atom. The Morgan fingerprint density at radius 3 is 2.05 bits per heavy atom. The third kappa shape index (κ3) is 17.2. The van der Waals surface area contributed by atoms with Gasteiger partial charge in [0.1, 0.15) is 6.04 Å². The predicted molar refractivity (Wildman–Crippen MR) is 252 cm³/mol. The number of nitrogens with zero attached hydrogens (tertiary/aromatic N) is 6. The van der Waals surface area contributed by atoms with Crippen LogP contribution in [-0.4, -0.2) is 160 Å². The van der Waals surface area contributed by atoms with E-state index in [4.69, 9.17) is 15.0 Å². The zero-order valence-electron chi connectivity index (χ0n) is 41.4. The van der Waals surface area contributed by atoms with Crippen LogP contribution in [0.15, 0.2) is 29.4 Å². The van der Waals surface area contributed by atoms with Gasteiger partial charge in [-0.15, -0.1) is 0 Å². The molecule has 0 aliphatic carbocycles. The molecule has 0 saturated carbocycles. The maximum absolute atomic E-state index is 14.3. The van der Waals surface area contributed by atoms with Gasteiger partial charge in [0.25, 0.3) is 0 Å². The third-order valence-electron chi connectivity index (χ3n) is 12.3. The van der Waals surface area contributed by atoms with E-state index in [2.05, 4.69) is 36.6 Å². The molecule has 9 atom stereocenters. The molecule has 0 radical (unpaired) electrons. The van der Waals surface area contributed by atoms with Gasteiger partial charge in [-0.25, -0.2) is 0 Å². The van der Waals surface area contributed by atoms with Crippen LogP contribution in [0.5, 0.6) is 0 Å². The number of rotatable bonds is 27. The van der Waals surface area contributed by atoms with Gasteiger partial charge in [0.2, 0.25) is 41.4 Å². The summed E-state index contributed by atoms with van der Waals surface area (Å²) in [6, 6.07) is 4.09. The number of carbonyl (C=O) groups is 7. The van der Waals surface area contributed by atoms with Crippen molar-refractivity contribution in [1.29, 1.82) is 0 Å². The fraction of sp³-hybridized carbons (Fsp3) is 0.717. The summed E-state index contributed by atoms with van der Waals surface area (Å²) in [6.45, 7) is 14.6. The molecule has 1 aromatic rings. The van der Waals surface area contributed by atoms with Gasteiger partial charge in [0, 0.05) is 57.9 Å². The molecule has 1 aliphatic heterocycles. The highest BCUT2D eigenvalue weighted by atomic mass is 16.5. The van der Waals surface area contributed by atoms with Gasteiger partial charge in [-0.1, -0.05) is 72.1 Å². The van der Waals surface area contributed by atoms with Gasteiger partial charge in [-0.05, 0) is 74.3 Å². The number of methoxy groups -OCH3 is 2. The fourth-order valence-electron chi connectivity index (χ4n) is 8.70. The van der Waals surface area contributed by atoms with E-state index in [0.29, 0.717) is 37.9 Å². The Hall–Kier alpha value is -5.30. The zero-order valence-corrected chi connectivity index (χ0v) is 41.4. The van der Waals surface area contributed by atoms with E-state index >= 15 is 0 Å². The molecular formula is C46H77N11O9. The number of carbonyl (C=O) groups excluding carboxylic acids is 7. The van der Waals surface area contributed by atoms with Crippen molar-refractivity contribution < 1.29 is 43.0 Å². The molecule has 0 bridgehead atoms. The number of ether oxygens (including phenoxy) is 2. The molecule has 5 N–H and O–H groups in total. The van der Waals surface area contributed by atoms with Crippen molar-refractivity contribution in [2.45, 2.75) is 130 Å². The van der Waals surface area contributed by atoms with E-state index < -0.39 is 60.1 Å². The van der Waals surface area contributed by atoms with Crippen molar-refractivity contribution in [1.82, 2.24) is 36.0 Å². The van der Waals surface area contributed by atoms with E-state index in [0.717, 1.165) is 5.56 Å². The van der Waals surface area contributed by atoms with Crippen LogP contribution in [-0.2, 0) is 49.5 Å². The van der Waals surface area contributed by atoms with E-state index in [-0.39, 0.29) is 73.3 Å². The Balaban J connectivity index is 2.20. The minimum Gasteiger partial charge on any atom is -0.379 e. The van der Waals surface area contributed by atoms with Crippen LogP contribution in [0.3, 0.4) is 0 Å². The SMILES string of the molecule is CC[C@H](C)[C@@H]([C@@H](CC(=O)N1CCC[C@H]1[C@H](OC)[C@@H](C)C(=O)N[C@H](CN=[N+]=[N-])Cc1ccc(NC(=O)CNC(=O)CNC(C)=O)cc1)OC)N(C)C(=O)[C@@H](NC(=O)[C@H](C(C)C)N(C)C)C(C)C. The number of amides is 7. The molecule has 1 saturated heterocycles. The van der Waals surface area contributed by atoms with Crippen molar-refractivity contribution in [3.63, 3.8) is 0 Å². The smallest absolute Gasteiger partial charge is 0.245 e. The third-order valence-corrected chi connectivity index (χ3v) is 12.3. The number of benzene rings is 1. The molecule has 20 heteroatoms. The second kappa shape index (κ2) is 28.0. The first-order valence-corrected chi connectivity index (χ1v) is 22.9. The molecule has 0 aromatic heterocycles. The number of nitrogens with one attached hydrogen (secondary N) is 5. The van der Waals surface area contributed by atoms with Crippen molar-refractivity contribution in [2.24, 2.45) is 28.8 Å². The van der Waals surface area contributed by atoms with Gasteiger partial charge < -0.3 is 45.9 Å². The second-order valence-electron chi connectivity index (χ2n) is 18.2. The van der Waals surface area contributed by atoms with E-state index in [1.807, 2.05) is 60.5 Å². The number of likely N-dealkylation sites (N-methyl/N-ethyl adjacent to an activating group) is 2. The monoisotopic (exact) mass is 928 g/mol. The highest BCUT2D eigenvalue weighted by Gasteiger charge is 2.43. The van der Waals surface area contributed by atoms with E-state index in [9.17, 15) is 33.6 Å². The summed E-state index contributed by atoms with van der Waals surface area (Å²) in [5, 5.41) is 17.2. The van der Waals surface area contributed by atoms with Crippen molar-refractivity contribution in [3.05, 3.63) is 40.3 Å². The largest absolute Gasteiger partial charge is 0.379 e. The number of azide groups is 1. The lowest BCUT2D eigenvalue weighted by molar-refractivity contribution is -0.148. The lowest BCUT2D eigenvalue weighted by Gasteiger charge is -2.41. The van der Waals surface area contributed by atoms with Gasteiger partial charge >= 0.3 is 0 Å². The van der Waals surface area contributed by atoms with Crippen LogP contribution in [0.4, 0.5) is 5.69 Å². The minimum atomic E-state index is -0.801. The molecule has 7 amide bonds. The average Bonchev–Trinajstić information content (AvgIpc) is 3.75. The first-order chi connectivity index (χ1) is 31.1. The Labute approximate surface area is 391 Å². The van der Waals surface area contributed by atoms with Crippen LogP contribution in [0.1, 0.15) is 86.6 Å². The lowest BCUT2D eigenvalue weighted by atomic mass is 9.89. The summed E-state index contributed by atoms with van der Waals surface area (Å²) in [5.74, 6) is -3.37. The standard InChI is InChI=1S/C46H77N11O9/c1-14-29(6)42(56(11)46(64)40(27(2)3)53-45(63)41(28(4)5)55(9)10)36(65-12)23-39(61)57-21-15-16-35(57)43(66-13)30(7)44(62)52-34(24-50-54-47)22-32-17-19-33(20-18-32)51-38(60)26-49-37(59)25-48-31(8)58/h17-20,27-30,34-36,40-43H,14-16,21-26H2,1-13H3,(H,48,58)(H,49,59)(H,51,60)(H,52,62)(H,53,63)/t29-,30+,34-,35-,36+,40-,41-,42-,43+/m0/s1. The minimum absolute atomic E-state index is 0.0167. The first-order valence-electron chi connectivity index (χ1n) is 22.9. The fourth-order valence-corrected chi connectivity index (χ4v) is 8.70. The molecule has 0 spiro atoms. The van der Waals surface area contributed by atoms with Gasteiger partial charge in [-0.2, -0.15) is 0 Å². The van der Waals surface area contributed by atoms with Crippen molar-refractivity contribution in [2.75, 3.05) is 66.9 Å². The normalized spacial score (nSPS) is 17.3. The Bertz CT molecular complexity index is 1810. The number of anilines is 1. The van der Waals surface area contributed by atoms with Crippen LogP contribution in [0.25, 0.3) is 10.4 Å². The van der Waals surface area contributed by atoms with Gasteiger partial charge in [-0.3, -0.25) is 38.5 Å². The number of likely N-dealkylation sites (tertiary alicyclic amines) is 1. The van der Waals surface area contributed by atoms with E-state index in [1.54, 1.807) is 48.0 Å². The number of hydrogen-bond donors (Lipinski definition) is 5. The molecule has 1 fully saturated rings. The maximum Gasteiger partial charge on any atom is 0.245 e. The van der Waals surface area contributed by atoms with Crippen LogP contribution in [0.2, 0.25) is 0 Å². The zero-order chi connectivity index (χ0) is 49.8. The van der Waals surface area contributed by atoms with Crippen molar-refractivity contribution in [3.8, 4) is 0 Å².